The normalized spacial score (nSPS) is 13.5. The number of hydrogen-bond donors (Lipinski definition) is 2. The Balaban J connectivity index is 1.65. The lowest BCUT2D eigenvalue weighted by molar-refractivity contribution is -0.129. The van der Waals surface area contributed by atoms with Crippen LogP contribution in [-0.4, -0.2) is 33.2 Å². The lowest BCUT2D eigenvalue weighted by Gasteiger charge is -2.28. The molecule has 2 N–H and O–H groups in total. The van der Waals surface area contributed by atoms with E-state index in [2.05, 4.69) is 15.3 Å². The minimum absolute atomic E-state index is 0.0410. The van der Waals surface area contributed by atoms with Crippen molar-refractivity contribution in [3.05, 3.63) is 59.0 Å². The van der Waals surface area contributed by atoms with Crippen LogP contribution >= 0.6 is 0 Å². The summed E-state index contributed by atoms with van der Waals surface area (Å²) < 4.78 is 0. The Morgan fingerprint density at radius 3 is 2.92 bits per heavy atom. The molecule has 1 aromatic carbocycles. The van der Waals surface area contributed by atoms with Gasteiger partial charge in [-0.25, -0.2) is 0 Å². The van der Waals surface area contributed by atoms with Crippen LogP contribution in [0.2, 0.25) is 0 Å². The Kier molecular flexibility index (Phi) is 3.95. The Labute approximate surface area is 151 Å². The summed E-state index contributed by atoms with van der Waals surface area (Å²) in [6.07, 6.45) is 4.01. The average Bonchev–Trinajstić information content (AvgIpc) is 3.02. The maximum atomic E-state index is 12.9. The number of aromatic amines is 1. The Bertz CT molecular complexity index is 1020. The van der Waals surface area contributed by atoms with Gasteiger partial charge in [0.05, 0.1) is 16.8 Å². The fraction of sp³-hybridized carbons (Fsp3) is 0.250. The van der Waals surface area contributed by atoms with Crippen LogP contribution in [0.5, 0.6) is 0 Å². The lowest BCUT2D eigenvalue weighted by Crippen LogP contribution is -2.35. The molecule has 1 aliphatic rings. The van der Waals surface area contributed by atoms with Crippen LogP contribution in [0.4, 0.5) is 5.69 Å². The highest BCUT2D eigenvalue weighted by Crippen LogP contribution is 2.26. The molecule has 26 heavy (non-hydrogen) atoms. The van der Waals surface area contributed by atoms with Gasteiger partial charge in [0.25, 0.3) is 5.91 Å². The van der Waals surface area contributed by atoms with Gasteiger partial charge in [-0.3, -0.25) is 14.6 Å². The van der Waals surface area contributed by atoms with Crippen LogP contribution in [-0.2, 0) is 17.8 Å². The number of anilines is 1. The third-order valence-corrected chi connectivity index (χ3v) is 4.87. The molecule has 0 unspecified atom stereocenters. The van der Waals surface area contributed by atoms with Gasteiger partial charge in [-0.15, -0.1) is 0 Å². The van der Waals surface area contributed by atoms with Crippen molar-refractivity contribution >= 4 is 28.4 Å². The predicted molar refractivity (Wildman–Crippen MR) is 100 cm³/mol. The molecule has 0 aliphatic carbocycles. The van der Waals surface area contributed by atoms with Crippen molar-refractivity contribution in [1.82, 2.24) is 14.9 Å². The highest BCUT2D eigenvalue weighted by molar-refractivity contribution is 6.09. The number of aromatic nitrogens is 2. The SMILES string of the molecule is CC(=O)N1CCc2c(cncc2C(=O)Nc2cccc3cc(C)[nH]c23)C1. The number of nitrogens with zero attached hydrogens (tertiary/aromatic N) is 2. The van der Waals surface area contributed by atoms with Gasteiger partial charge < -0.3 is 15.2 Å². The van der Waals surface area contributed by atoms with Crippen LogP contribution < -0.4 is 5.32 Å². The minimum atomic E-state index is -0.176. The van der Waals surface area contributed by atoms with Crippen molar-refractivity contribution in [2.45, 2.75) is 26.8 Å². The standard InChI is InChI=1S/C20H20N4O2/c1-12-8-14-4-3-5-18(19(14)22-12)23-20(26)17-10-21-9-15-11-24(13(2)25)7-6-16(15)17/h3-5,8-10,22H,6-7,11H2,1-2H3,(H,23,26). The lowest BCUT2D eigenvalue weighted by atomic mass is 9.96. The highest BCUT2D eigenvalue weighted by atomic mass is 16.2. The van der Waals surface area contributed by atoms with Gasteiger partial charge in [0.1, 0.15) is 0 Å². The summed E-state index contributed by atoms with van der Waals surface area (Å²) >= 11 is 0. The van der Waals surface area contributed by atoms with E-state index >= 15 is 0 Å². The van der Waals surface area contributed by atoms with E-state index < -0.39 is 0 Å². The highest BCUT2D eigenvalue weighted by Gasteiger charge is 2.23. The summed E-state index contributed by atoms with van der Waals surface area (Å²) in [5.74, 6) is -0.135. The van der Waals surface area contributed by atoms with Crippen LogP contribution in [0.15, 0.2) is 36.7 Å². The summed E-state index contributed by atoms with van der Waals surface area (Å²) in [6.45, 7) is 4.68. The summed E-state index contributed by atoms with van der Waals surface area (Å²) in [6, 6.07) is 7.87. The zero-order chi connectivity index (χ0) is 18.3. The second-order valence-corrected chi connectivity index (χ2v) is 6.69. The fourth-order valence-corrected chi connectivity index (χ4v) is 3.55. The number of H-pyrrole nitrogens is 1. The van der Waals surface area contributed by atoms with Crippen LogP contribution in [0, 0.1) is 6.92 Å². The molecule has 3 aromatic rings. The first-order valence-electron chi connectivity index (χ1n) is 8.64. The van der Waals surface area contributed by atoms with E-state index in [1.165, 1.54) is 0 Å². The molecule has 0 saturated heterocycles. The summed E-state index contributed by atoms with van der Waals surface area (Å²) in [5.41, 5.74) is 5.20. The van der Waals surface area contributed by atoms with Crippen molar-refractivity contribution in [3.8, 4) is 0 Å². The van der Waals surface area contributed by atoms with E-state index in [1.807, 2.05) is 31.2 Å². The Hall–Kier alpha value is -3.15. The van der Waals surface area contributed by atoms with Gasteiger partial charge in [0.15, 0.2) is 0 Å². The number of hydrogen-bond acceptors (Lipinski definition) is 3. The van der Waals surface area contributed by atoms with Crippen molar-refractivity contribution in [2.75, 3.05) is 11.9 Å². The monoisotopic (exact) mass is 348 g/mol. The maximum Gasteiger partial charge on any atom is 0.257 e. The molecule has 132 valence electrons. The van der Waals surface area contributed by atoms with Gasteiger partial charge in [-0.1, -0.05) is 12.1 Å². The van der Waals surface area contributed by atoms with Gasteiger partial charge in [0, 0.05) is 43.5 Å². The molecular formula is C20H20N4O2. The molecule has 1 aliphatic heterocycles. The molecule has 2 aromatic heterocycles. The van der Waals surface area contributed by atoms with Crippen molar-refractivity contribution in [3.63, 3.8) is 0 Å². The number of para-hydroxylation sites is 1. The first-order valence-corrected chi connectivity index (χ1v) is 8.64. The second kappa shape index (κ2) is 6.29. The first-order chi connectivity index (χ1) is 12.5. The molecule has 2 amide bonds. The van der Waals surface area contributed by atoms with Crippen molar-refractivity contribution in [1.29, 1.82) is 0 Å². The summed E-state index contributed by atoms with van der Waals surface area (Å²) in [7, 11) is 0. The molecule has 0 fully saturated rings. The second-order valence-electron chi connectivity index (χ2n) is 6.69. The molecule has 0 saturated carbocycles. The third-order valence-electron chi connectivity index (χ3n) is 4.87. The van der Waals surface area contributed by atoms with E-state index in [0.29, 0.717) is 25.1 Å². The number of carbonyl (C=O) groups is 2. The predicted octanol–water partition coefficient (Wildman–Crippen LogP) is 3.03. The minimum Gasteiger partial charge on any atom is -0.357 e. The number of fused-ring (bicyclic) bond motifs is 2. The quantitative estimate of drug-likeness (QED) is 0.747. The van der Waals surface area contributed by atoms with Crippen LogP contribution in [0.1, 0.15) is 34.1 Å². The first kappa shape index (κ1) is 16.3. The molecule has 0 radical (unpaired) electrons. The van der Waals surface area contributed by atoms with E-state index in [0.717, 1.165) is 33.4 Å². The van der Waals surface area contributed by atoms with Gasteiger partial charge in [-0.2, -0.15) is 0 Å². The van der Waals surface area contributed by atoms with E-state index in [1.54, 1.807) is 24.2 Å². The zero-order valence-corrected chi connectivity index (χ0v) is 14.8. The largest absolute Gasteiger partial charge is 0.357 e. The van der Waals surface area contributed by atoms with E-state index in [-0.39, 0.29) is 11.8 Å². The van der Waals surface area contributed by atoms with Gasteiger partial charge in [-0.05, 0) is 36.6 Å². The molecule has 0 bridgehead atoms. The number of amides is 2. The third kappa shape index (κ3) is 2.83. The molecule has 6 heteroatoms. The molecule has 0 spiro atoms. The molecule has 0 atom stereocenters. The summed E-state index contributed by atoms with van der Waals surface area (Å²) in [5, 5.41) is 4.07. The fourth-order valence-electron chi connectivity index (χ4n) is 3.55. The number of rotatable bonds is 2. The van der Waals surface area contributed by atoms with E-state index in [4.69, 9.17) is 0 Å². The average molecular weight is 348 g/mol. The maximum absolute atomic E-state index is 12.9. The molecule has 4 rings (SSSR count). The number of aryl methyl sites for hydroxylation is 1. The van der Waals surface area contributed by atoms with E-state index in [9.17, 15) is 9.59 Å². The molecular weight excluding hydrogens is 328 g/mol. The smallest absolute Gasteiger partial charge is 0.257 e. The van der Waals surface area contributed by atoms with Crippen LogP contribution in [0.25, 0.3) is 10.9 Å². The molecule has 6 nitrogen and oxygen atoms in total. The number of carbonyl (C=O) groups excluding carboxylic acids is 2. The number of nitrogens with one attached hydrogen (secondary N) is 2. The van der Waals surface area contributed by atoms with Crippen molar-refractivity contribution in [2.24, 2.45) is 0 Å². The molecule has 3 heterocycles. The zero-order valence-electron chi connectivity index (χ0n) is 14.8. The van der Waals surface area contributed by atoms with Gasteiger partial charge >= 0.3 is 0 Å². The summed E-state index contributed by atoms with van der Waals surface area (Å²) in [4.78, 5) is 33.8. The van der Waals surface area contributed by atoms with Crippen LogP contribution in [0.3, 0.4) is 0 Å². The Morgan fingerprint density at radius 2 is 2.12 bits per heavy atom. The topological polar surface area (TPSA) is 78.1 Å². The van der Waals surface area contributed by atoms with Crippen molar-refractivity contribution < 1.29 is 9.59 Å². The Morgan fingerprint density at radius 1 is 1.27 bits per heavy atom. The number of benzene rings is 1. The van der Waals surface area contributed by atoms with Gasteiger partial charge in [0.2, 0.25) is 5.91 Å². The number of pyridine rings is 1.